The summed E-state index contributed by atoms with van der Waals surface area (Å²) in [6.07, 6.45) is 12.1. The molecular formula is C25H41NO3. The number of aliphatic hydroxyl groups excluding tert-OH is 1. The number of methoxy groups -OCH3 is 1. The number of esters is 1. The first-order valence-electron chi connectivity index (χ1n) is 11.9. The number of carbonyl (C=O) groups is 1. The Hall–Kier alpha value is -0.870. The third-order valence-corrected chi connectivity index (χ3v) is 9.80. The van der Waals surface area contributed by atoms with E-state index >= 15 is 0 Å². The van der Waals surface area contributed by atoms with Gasteiger partial charge in [-0.05, 0) is 98.3 Å². The van der Waals surface area contributed by atoms with Crippen LogP contribution in [-0.2, 0) is 9.53 Å². The molecule has 0 amide bonds. The monoisotopic (exact) mass is 403 g/mol. The maximum Gasteiger partial charge on any atom is 0.319 e. The van der Waals surface area contributed by atoms with Crippen molar-refractivity contribution < 1.29 is 14.6 Å². The highest BCUT2D eigenvalue weighted by atomic mass is 16.5. The van der Waals surface area contributed by atoms with E-state index in [0.29, 0.717) is 23.3 Å². The van der Waals surface area contributed by atoms with Gasteiger partial charge in [0.2, 0.25) is 0 Å². The van der Waals surface area contributed by atoms with Gasteiger partial charge >= 0.3 is 5.97 Å². The number of ether oxygens (including phenoxy) is 1. The van der Waals surface area contributed by atoms with E-state index in [2.05, 4.69) is 32.2 Å². The Kier molecular flexibility index (Phi) is 5.89. The van der Waals surface area contributed by atoms with Gasteiger partial charge in [0.1, 0.15) is 0 Å². The molecule has 0 aromatic rings. The summed E-state index contributed by atoms with van der Waals surface area (Å²) in [4.78, 5) is 11.4. The first-order valence-corrected chi connectivity index (χ1v) is 11.9. The second-order valence-electron chi connectivity index (χ2n) is 11.1. The molecule has 0 aromatic heterocycles. The lowest BCUT2D eigenvalue weighted by Crippen LogP contribution is -2.51. The van der Waals surface area contributed by atoms with Crippen molar-refractivity contribution in [2.45, 2.75) is 78.2 Å². The Morgan fingerprint density at radius 1 is 1.24 bits per heavy atom. The molecule has 29 heavy (non-hydrogen) atoms. The van der Waals surface area contributed by atoms with Gasteiger partial charge in [0, 0.05) is 0 Å². The van der Waals surface area contributed by atoms with E-state index in [1.54, 1.807) is 5.57 Å². The molecule has 0 aromatic carbocycles. The first-order chi connectivity index (χ1) is 13.8. The Morgan fingerprint density at radius 3 is 2.79 bits per heavy atom. The number of carbonyl (C=O) groups excluding carboxylic acids is 1. The van der Waals surface area contributed by atoms with Crippen LogP contribution in [-0.4, -0.2) is 37.4 Å². The van der Waals surface area contributed by atoms with Crippen molar-refractivity contribution in [3.05, 3.63) is 11.6 Å². The van der Waals surface area contributed by atoms with Crippen molar-refractivity contribution in [3.63, 3.8) is 0 Å². The number of rotatable bonds is 5. The fourth-order valence-electron chi connectivity index (χ4n) is 8.23. The van der Waals surface area contributed by atoms with Crippen LogP contribution < -0.4 is 5.32 Å². The molecule has 1 unspecified atom stereocenters. The topological polar surface area (TPSA) is 58.6 Å². The lowest BCUT2D eigenvalue weighted by atomic mass is 9.47. The summed E-state index contributed by atoms with van der Waals surface area (Å²) in [7, 11) is 1.45. The van der Waals surface area contributed by atoms with Gasteiger partial charge in [-0.15, -0.1) is 0 Å². The molecule has 2 N–H and O–H groups in total. The quantitative estimate of drug-likeness (QED) is 0.530. The minimum Gasteiger partial charge on any atom is -0.468 e. The standard InChI is InChI=1S/C25H41NO3/c1-16(14-26-15-23(28)29-4)20-7-8-21-19-6-5-17-13-18(27)9-11-24(17,2)22(19)10-12-25(20,21)3/h5,16,18-22,26-27H,6-15H2,1-4H3/t16-,18+,19?,20-,21+,22+,24+,25-/m1/s1. The van der Waals surface area contributed by atoms with Gasteiger partial charge in [0.15, 0.2) is 0 Å². The predicted octanol–water partition coefficient (Wildman–Crippen LogP) is 4.33. The van der Waals surface area contributed by atoms with Crippen LogP contribution >= 0.6 is 0 Å². The Morgan fingerprint density at radius 2 is 2.03 bits per heavy atom. The fraction of sp³-hybridized carbons (Fsp3) is 0.880. The van der Waals surface area contributed by atoms with Crippen molar-refractivity contribution in [2.75, 3.05) is 20.2 Å². The fourth-order valence-corrected chi connectivity index (χ4v) is 8.23. The lowest BCUT2D eigenvalue weighted by molar-refractivity contribution is -0.139. The zero-order valence-corrected chi connectivity index (χ0v) is 18.9. The SMILES string of the molecule is COC(=O)CNC[C@@H](C)[C@H]1CC[C@H]2C3CC=C4C[C@@H](O)CC[C@]4(C)[C@H]3CC[C@]12C. The zero-order chi connectivity index (χ0) is 20.8. The van der Waals surface area contributed by atoms with Gasteiger partial charge in [-0.3, -0.25) is 4.79 Å². The average Bonchev–Trinajstić information content (AvgIpc) is 3.05. The van der Waals surface area contributed by atoms with Crippen LogP contribution in [0.5, 0.6) is 0 Å². The lowest BCUT2D eigenvalue weighted by Gasteiger charge is -2.58. The summed E-state index contributed by atoms with van der Waals surface area (Å²) in [6, 6.07) is 0. The highest BCUT2D eigenvalue weighted by Crippen LogP contribution is 2.67. The summed E-state index contributed by atoms with van der Waals surface area (Å²) in [5.41, 5.74) is 2.33. The second kappa shape index (κ2) is 8.00. The maximum atomic E-state index is 11.4. The molecule has 4 rings (SSSR count). The van der Waals surface area contributed by atoms with Crippen LogP contribution in [0, 0.1) is 40.4 Å². The molecule has 4 heteroatoms. The Labute approximate surface area is 176 Å². The zero-order valence-electron chi connectivity index (χ0n) is 18.9. The molecular weight excluding hydrogens is 362 g/mol. The molecule has 3 saturated carbocycles. The van der Waals surface area contributed by atoms with Crippen LogP contribution in [0.4, 0.5) is 0 Å². The number of hydrogen-bond acceptors (Lipinski definition) is 4. The highest BCUT2D eigenvalue weighted by Gasteiger charge is 2.59. The van der Waals surface area contributed by atoms with E-state index in [9.17, 15) is 9.90 Å². The maximum absolute atomic E-state index is 11.4. The smallest absolute Gasteiger partial charge is 0.319 e. The van der Waals surface area contributed by atoms with E-state index in [1.165, 1.54) is 45.6 Å². The molecule has 0 aliphatic heterocycles. The average molecular weight is 404 g/mol. The largest absolute Gasteiger partial charge is 0.468 e. The Balaban J connectivity index is 1.46. The molecule has 3 fully saturated rings. The van der Waals surface area contributed by atoms with Gasteiger partial charge in [-0.1, -0.05) is 32.4 Å². The summed E-state index contributed by atoms with van der Waals surface area (Å²) in [5, 5.41) is 13.5. The summed E-state index contributed by atoms with van der Waals surface area (Å²) in [6.45, 7) is 8.67. The predicted molar refractivity (Wildman–Crippen MR) is 115 cm³/mol. The van der Waals surface area contributed by atoms with Crippen molar-refractivity contribution in [1.29, 1.82) is 0 Å². The van der Waals surface area contributed by atoms with Crippen LogP contribution in [0.2, 0.25) is 0 Å². The number of nitrogens with one attached hydrogen (secondary N) is 1. The third-order valence-electron chi connectivity index (χ3n) is 9.80. The van der Waals surface area contributed by atoms with Crippen molar-refractivity contribution in [1.82, 2.24) is 5.32 Å². The summed E-state index contributed by atoms with van der Waals surface area (Å²) >= 11 is 0. The van der Waals surface area contributed by atoms with Crippen LogP contribution in [0.1, 0.15) is 72.1 Å². The first kappa shape index (κ1) is 21.4. The van der Waals surface area contributed by atoms with E-state index < -0.39 is 0 Å². The molecule has 4 nitrogen and oxygen atoms in total. The molecule has 164 valence electrons. The van der Waals surface area contributed by atoms with Gasteiger partial charge < -0.3 is 15.2 Å². The normalized spacial score (nSPS) is 44.9. The molecule has 0 bridgehead atoms. The van der Waals surface area contributed by atoms with E-state index in [-0.39, 0.29) is 12.1 Å². The van der Waals surface area contributed by atoms with E-state index in [0.717, 1.165) is 43.1 Å². The number of aliphatic hydroxyl groups is 1. The molecule has 0 spiro atoms. The Bertz CT molecular complexity index is 660. The third kappa shape index (κ3) is 3.59. The van der Waals surface area contributed by atoms with Crippen LogP contribution in [0.3, 0.4) is 0 Å². The van der Waals surface area contributed by atoms with E-state index in [4.69, 9.17) is 4.74 Å². The van der Waals surface area contributed by atoms with Crippen molar-refractivity contribution >= 4 is 5.97 Å². The summed E-state index contributed by atoms with van der Waals surface area (Å²) < 4.78 is 4.76. The minimum absolute atomic E-state index is 0.117. The molecule has 0 radical (unpaired) electrons. The summed E-state index contributed by atoms with van der Waals surface area (Å²) in [5.74, 6) is 3.60. The molecule has 0 saturated heterocycles. The second-order valence-corrected chi connectivity index (χ2v) is 11.1. The molecule has 0 heterocycles. The molecule has 4 aliphatic rings. The van der Waals surface area contributed by atoms with E-state index in [1.807, 2.05) is 0 Å². The van der Waals surface area contributed by atoms with Crippen molar-refractivity contribution in [3.8, 4) is 0 Å². The minimum atomic E-state index is -0.177. The van der Waals surface area contributed by atoms with Crippen molar-refractivity contribution in [2.24, 2.45) is 40.4 Å². The number of fused-ring (bicyclic) bond motifs is 5. The van der Waals surface area contributed by atoms with Gasteiger partial charge in [-0.2, -0.15) is 0 Å². The number of allylic oxidation sites excluding steroid dienone is 1. The van der Waals surface area contributed by atoms with Gasteiger partial charge in [-0.25, -0.2) is 0 Å². The number of hydrogen-bond donors (Lipinski definition) is 2. The molecule has 4 aliphatic carbocycles. The van der Waals surface area contributed by atoms with Gasteiger partial charge in [0.05, 0.1) is 19.8 Å². The van der Waals surface area contributed by atoms with Crippen LogP contribution in [0.15, 0.2) is 11.6 Å². The van der Waals surface area contributed by atoms with Gasteiger partial charge in [0.25, 0.3) is 0 Å². The highest BCUT2D eigenvalue weighted by molar-refractivity contribution is 5.71. The van der Waals surface area contributed by atoms with Crippen LogP contribution in [0.25, 0.3) is 0 Å². The molecule has 8 atom stereocenters.